The molecular weight excluding hydrogens is 540 g/mol. The molecule has 230 valence electrons. The number of aryl methyl sites for hydroxylation is 2. The average Bonchev–Trinajstić information content (AvgIpc) is 2.98. The van der Waals surface area contributed by atoms with Crippen LogP contribution in [0, 0.1) is 20.8 Å². The smallest absolute Gasteiger partial charge is 0.253 e. The van der Waals surface area contributed by atoms with Crippen molar-refractivity contribution in [1.82, 2.24) is 15.2 Å². The minimum absolute atomic E-state index is 0.157. The lowest BCUT2D eigenvalue weighted by atomic mass is 9.95. The number of aliphatic hydroxyl groups is 1. The molecule has 2 fully saturated rings. The molecule has 0 saturated carbocycles. The van der Waals surface area contributed by atoms with Crippen LogP contribution in [0.5, 0.6) is 0 Å². The Bertz CT molecular complexity index is 1480. The van der Waals surface area contributed by atoms with E-state index >= 15 is 0 Å². The number of carbonyl (C=O) groups excluding carboxylic acids is 1. The monoisotopic (exact) mass is 586 g/mol. The number of hydrogen-bond acceptors (Lipinski definition) is 6. The van der Waals surface area contributed by atoms with Crippen LogP contribution in [-0.4, -0.2) is 58.8 Å². The number of aromatic nitrogens is 1. The number of benzene rings is 2. The third kappa shape index (κ3) is 7.74. The summed E-state index contributed by atoms with van der Waals surface area (Å²) in [5.41, 5.74) is 7.67. The summed E-state index contributed by atoms with van der Waals surface area (Å²) in [5.74, 6) is -0.208. The molecule has 0 spiro atoms. The standard InChI is InChI=1S/C35H46N4O4/c1-5-30-18-28(12-14-43-30)38-33-17-27(26-10-8-25(9-11-26)20-39-13-6-7-29(40)21-39)16-31(24(33)4)34(41)36-19-32-22(2)15-23(3)37-35(32)42/h8-11,15-17,28-30,38,40H,5-7,12-14,18-21H2,1-4H3,(H,36,41)(H,37,42)/t28?,29?,30-/m1/s1. The molecule has 2 saturated heterocycles. The summed E-state index contributed by atoms with van der Waals surface area (Å²) < 4.78 is 5.90. The molecule has 2 aliphatic rings. The molecule has 0 radical (unpaired) electrons. The van der Waals surface area contributed by atoms with Crippen molar-refractivity contribution in [2.45, 2.75) is 91.1 Å². The number of nitrogens with one attached hydrogen (secondary N) is 3. The first kappa shape index (κ1) is 31.0. The Balaban J connectivity index is 1.41. The van der Waals surface area contributed by atoms with Crippen LogP contribution in [0.3, 0.4) is 0 Å². The number of anilines is 1. The van der Waals surface area contributed by atoms with Crippen molar-refractivity contribution in [2.24, 2.45) is 0 Å². The van der Waals surface area contributed by atoms with Crippen LogP contribution in [0.25, 0.3) is 11.1 Å². The zero-order valence-corrected chi connectivity index (χ0v) is 26.0. The summed E-state index contributed by atoms with van der Waals surface area (Å²) in [6.07, 6.45) is 4.71. The number of carbonyl (C=O) groups is 1. The highest BCUT2D eigenvalue weighted by Gasteiger charge is 2.24. The Morgan fingerprint density at radius 2 is 1.88 bits per heavy atom. The molecule has 0 aliphatic carbocycles. The second-order valence-corrected chi connectivity index (χ2v) is 12.3. The summed E-state index contributed by atoms with van der Waals surface area (Å²) in [4.78, 5) is 31.4. The van der Waals surface area contributed by atoms with Gasteiger partial charge in [-0.25, -0.2) is 0 Å². The molecule has 1 amide bonds. The van der Waals surface area contributed by atoms with Crippen molar-refractivity contribution in [2.75, 3.05) is 25.0 Å². The second-order valence-electron chi connectivity index (χ2n) is 12.3. The van der Waals surface area contributed by atoms with Gasteiger partial charge in [0.05, 0.1) is 12.2 Å². The predicted molar refractivity (Wildman–Crippen MR) is 172 cm³/mol. The molecule has 3 heterocycles. The van der Waals surface area contributed by atoms with Gasteiger partial charge in [0.2, 0.25) is 0 Å². The van der Waals surface area contributed by atoms with E-state index in [0.717, 1.165) is 85.4 Å². The molecule has 0 bridgehead atoms. The number of likely N-dealkylation sites (tertiary alicyclic amines) is 1. The van der Waals surface area contributed by atoms with Crippen molar-refractivity contribution in [3.63, 3.8) is 0 Å². The fourth-order valence-corrected chi connectivity index (χ4v) is 6.38. The molecule has 43 heavy (non-hydrogen) atoms. The van der Waals surface area contributed by atoms with E-state index in [9.17, 15) is 14.7 Å². The van der Waals surface area contributed by atoms with Crippen molar-refractivity contribution in [3.8, 4) is 11.1 Å². The minimum Gasteiger partial charge on any atom is -0.392 e. The topological polar surface area (TPSA) is 107 Å². The average molecular weight is 587 g/mol. The fraction of sp³-hybridized carbons (Fsp3) is 0.486. The number of nitrogens with zero attached hydrogens (tertiary/aromatic N) is 1. The number of β-amino-alcohol motifs (C(OH)–C–C–N with tert-alkyl or cyclic N) is 1. The molecule has 2 unspecified atom stereocenters. The Morgan fingerprint density at radius 3 is 2.60 bits per heavy atom. The zero-order valence-electron chi connectivity index (χ0n) is 26.0. The van der Waals surface area contributed by atoms with Crippen molar-refractivity contribution >= 4 is 11.6 Å². The fourth-order valence-electron chi connectivity index (χ4n) is 6.38. The van der Waals surface area contributed by atoms with E-state index in [4.69, 9.17) is 4.74 Å². The first-order valence-electron chi connectivity index (χ1n) is 15.7. The number of amides is 1. The van der Waals surface area contributed by atoms with Gasteiger partial charge in [-0.3, -0.25) is 14.5 Å². The van der Waals surface area contributed by atoms with Gasteiger partial charge in [0.1, 0.15) is 0 Å². The van der Waals surface area contributed by atoms with Crippen LogP contribution in [0.2, 0.25) is 0 Å². The first-order chi connectivity index (χ1) is 20.7. The number of rotatable bonds is 9. The molecule has 1 aromatic heterocycles. The van der Waals surface area contributed by atoms with Gasteiger partial charge in [-0.15, -0.1) is 0 Å². The number of pyridine rings is 1. The number of hydrogen-bond donors (Lipinski definition) is 4. The van der Waals surface area contributed by atoms with Crippen LogP contribution in [-0.2, 0) is 17.8 Å². The SMILES string of the molecule is CC[C@@H]1CC(Nc2cc(-c3ccc(CN4CCCC(O)C4)cc3)cc(C(=O)NCc3c(C)cc(C)[nH]c3=O)c2C)CCO1. The molecule has 4 N–H and O–H groups in total. The number of aliphatic hydroxyl groups excluding tert-OH is 1. The summed E-state index contributed by atoms with van der Waals surface area (Å²) in [6.45, 7) is 11.3. The lowest BCUT2D eigenvalue weighted by Crippen LogP contribution is -2.37. The summed E-state index contributed by atoms with van der Waals surface area (Å²) in [7, 11) is 0. The third-order valence-corrected chi connectivity index (χ3v) is 8.93. The van der Waals surface area contributed by atoms with E-state index in [0.29, 0.717) is 17.7 Å². The minimum atomic E-state index is -0.243. The summed E-state index contributed by atoms with van der Waals surface area (Å²) >= 11 is 0. The highest BCUT2D eigenvalue weighted by molar-refractivity contribution is 5.98. The van der Waals surface area contributed by atoms with Gasteiger partial charge in [-0.1, -0.05) is 31.2 Å². The second kappa shape index (κ2) is 13.9. The van der Waals surface area contributed by atoms with Gasteiger partial charge in [-0.05, 0) is 105 Å². The molecule has 2 aliphatic heterocycles. The van der Waals surface area contributed by atoms with Gasteiger partial charge in [-0.2, -0.15) is 0 Å². The maximum atomic E-state index is 13.7. The summed E-state index contributed by atoms with van der Waals surface area (Å²) in [6, 6.07) is 14.8. The van der Waals surface area contributed by atoms with Crippen LogP contribution >= 0.6 is 0 Å². The van der Waals surface area contributed by atoms with E-state index in [-0.39, 0.29) is 36.3 Å². The predicted octanol–water partition coefficient (Wildman–Crippen LogP) is 5.22. The molecule has 3 atom stereocenters. The lowest BCUT2D eigenvalue weighted by Gasteiger charge is -2.31. The Labute approximate surface area is 254 Å². The van der Waals surface area contributed by atoms with Crippen LogP contribution in [0.15, 0.2) is 47.3 Å². The molecule has 8 heteroatoms. The highest BCUT2D eigenvalue weighted by atomic mass is 16.5. The number of aromatic amines is 1. The highest BCUT2D eigenvalue weighted by Crippen LogP contribution is 2.31. The van der Waals surface area contributed by atoms with E-state index in [2.05, 4.69) is 57.8 Å². The van der Waals surface area contributed by atoms with E-state index in [1.54, 1.807) is 0 Å². The third-order valence-electron chi connectivity index (χ3n) is 8.93. The Hall–Kier alpha value is -3.46. The van der Waals surface area contributed by atoms with Gasteiger partial charge >= 0.3 is 0 Å². The quantitative estimate of drug-likeness (QED) is 0.274. The number of piperidine rings is 1. The van der Waals surface area contributed by atoms with Gasteiger partial charge in [0.15, 0.2) is 0 Å². The van der Waals surface area contributed by atoms with Gasteiger partial charge < -0.3 is 25.5 Å². The summed E-state index contributed by atoms with van der Waals surface area (Å²) in [5, 5.41) is 16.8. The van der Waals surface area contributed by atoms with E-state index < -0.39 is 0 Å². The van der Waals surface area contributed by atoms with Crippen LogP contribution in [0.4, 0.5) is 5.69 Å². The molecular formula is C35H46N4O4. The van der Waals surface area contributed by atoms with Crippen molar-refractivity contribution in [3.05, 3.63) is 86.3 Å². The number of ether oxygens (including phenoxy) is 1. The first-order valence-corrected chi connectivity index (χ1v) is 15.7. The Kier molecular flexibility index (Phi) is 10.0. The van der Waals surface area contributed by atoms with Crippen LogP contribution in [0.1, 0.15) is 77.3 Å². The maximum absolute atomic E-state index is 13.7. The van der Waals surface area contributed by atoms with E-state index in [1.807, 2.05) is 32.9 Å². The van der Waals surface area contributed by atoms with Crippen molar-refractivity contribution < 1.29 is 14.6 Å². The molecule has 8 nitrogen and oxygen atoms in total. The normalized spacial score (nSPS) is 21.0. The van der Waals surface area contributed by atoms with E-state index in [1.165, 1.54) is 5.56 Å². The van der Waals surface area contributed by atoms with Gasteiger partial charge in [0.25, 0.3) is 11.5 Å². The molecule has 2 aromatic carbocycles. The Morgan fingerprint density at radius 1 is 1.09 bits per heavy atom. The molecule has 3 aromatic rings. The van der Waals surface area contributed by atoms with Gasteiger partial charge in [0, 0.05) is 54.8 Å². The zero-order chi connectivity index (χ0) is 30.5. The van der Waals surface area contributed by atoms with Crippen LogP contribution < -0.4 is 16.2 Å². The van der Waals surface area contributed by atoms with Crippen molar-refractivity contribution in [1.29, 1.82) is 0 Å². The number of H-pyrrole nitrogens is 1. The largest absolute Gasteiger partial charge is 0.392 e. The lowest BCUT2D eigenvalue weighted by molar-refractivity contribution is 0.00924. The molecule has 5 rings (SSSR count). The maximum Gasteiger partial charge on any atom is 0.253 e.